The van der Waals surface area contributed by atoms with Gasteiger partial charge >= 0.3 is 15.6 Å². The normalized spacial score (nSPS) is 11.9. The summed E-state index contributed by atoms with van der Waals surface area (Å²) >= 11 is 0. The first-order valence-corrected chi connectivity index (χ1v) is 10.3. The minimum Gasteiger partial charge on any atom is -0.330 e. The van der Waals surface area contributed by atoms with Crippen molar-refractivity contribution in [3.8, 4) is 0 Å². The molecule has 0 bridgehead atoms. The molecule has 0 aliphatic rings. The predicted molar refractivity (Wildman–Crippen MR) is 87.5 cm³/mol. The molecule has 0 unspecified atom stereocenters. The lowest BCUT2D eigenvalue weighted by Gasteiger charge is -2.04. The van der Waals surface area contributed by atoms with Crippen molar-refractivity contribution in [3.05, 3.63) is 0 Å². The molecular weight excluding hydrogens is 350 g/mol. The van der Waals surface area contributed by atoms with Gasteiger partial charge in [-0.2, -0.15) is 4.31 Å². The fraction of sp³-hybridized carbons (Fsp3) is 1.00. The number of nitrogens with two attached hydrogens (primary N) is 2. The van der Waals surface area contributed by atoms with Crippen LogP contribution in [0.4, 0.5) is 0 Å². The smallest absolute Gasteiger partial charge is 0.330 e. The minimum atomic E-state index is -5.05. The number of rotatable bonds is 13. The highest BCUT2D eigenvalue weighted by Crippen LogP contribution is 2.53. The summed E-state index contributed by atoms with van der Waals surface area (Å²) in [4.78, 5) is 31.0. The molecule has 11 nitrogen and oxygen atoms in total. The van der Waals surface area contributed by atoms with Gasteiger partial charge in [-0.1, -0.05) is 0 Å². The predicted octanol–water partition coefficient (Wildman–Crippen LogP) is -1.17. The Labute approximate surface area is 136 Å². The molecule has 0 fully saturated rings. The average molecular weight is 380 g/mol. The van der Waals surface area contributed by atoms with E-state index in [1.807, 2.05) is 0 Å². The van der Waals surface area contributed by atoms with Gasteiger partial charge < -0.3 is 41.7 Å². The van der Waals surface area contributed by atoms with Crippen LogP contribution in [-0.2, 0) is 13.4 Å². The largest absolute Gasteiger partial charge is 0.478 e. The van der Waals surface area contributed by atoms with Crippen molar-refractivity contribution in [2.75, 3.05) is 39.3 Å². The monoisotopic (exact) mass is 380 g/mol. The fourth-order valence-corrected chi connectivity index (χ4v) is 2.45. The lowest BCUT2D eigenvalue weighted by atomic mass is 10.3. The third-order valence-corrected chi connectivity index (χ3v) is 3.99. The topological polar surface area (TPSA) is 200 Å². The fourth-order valence-electron chi connectivity index (χ4n) is 1.34. The Hall–Kier alpha value is 0.100. The highest BCUT2D eigenvalue weighted by molar-refractivity contribution is 7.60. The van der Waals surface area contributed by atoms with Gasteiger partial charge in [-0.25, -0.2) is 9.13 Å². The van der Waals surface area contributed by atoms with Crippen LogP contribution in [0.15, 0.2) is 0 Å². The number of hydrogen-bond acceptors (Lipinski definition) is 7. The van der Waals surface area contributed by atoms with Gasteiger partial charge in [-0.3, -0.25) is 0 Å². The van der Waals surface area contributed by atoms with E-state index < -0.39 is 15.6 Å². The van der Waals surface area contributed by atoms with Gasteiger partial charge in [0, 0.05) is 0 Å². The van der Waals surface area contributed by atoms with Crippen LogP contribution >= 0.6 is 15.6 Å². The van der Waals surface area contributed by atoms with Crippen molar-refractivity contribution in [1.29, 1.82) is 0 Å². The first kappa shape index (κ1) is 25.3. The Bertz CT molecular complexity index is 318. The van der Waals surface area contributed by atoms with Crippen molar-refractivity contribution >= 4 is 15.6 Å². The summed E-state index contributed by atoms with van der Waals surface area (Å²) in [6, 6.07) is 0. The molecular formula is C10H30N4O7P2. The maximum absolute atomic E-state index is 9.63. The summed E-state index contributed by atoms with van der Waals surface area (Å²) in [5.74, 6) is 0. The van der Waals surface area contributed by atoms with Crippen LogP contribution < -0.4 is 22.1 Å². The summed E-state index contributed by atoms with van der Waals surface area (Å²) in [7, 11) is -10.1. The Balaban J connectivity index is 0. The zero-order valence-electron chi connectivity index (χ0n) is 13.1. The molecule has 13 heteroatoms. The minimum absolute atomic E-state index is 0.785. The standard InChI is InChI=1S/C10H26N4.H4O7P2/c11-5-3-9-13-7-1-2-8-14-10-4-6-12;1-8(2,3)7-9(4,5)6/h13-14H,1-12H2;(H2,1,2,3)(H2,4,5,6). The van der Waals surface area contributed by atoms with E-state index in [-0.39, 0.29) is 0 Å². The maximum atomic E-state index is 9.63. The maximum Gasteiger partial charge on any atom is 0.478 e. The lowest BCUT2D eigenvalue weighted by molar-refractivity contribution is 0.225. The van der Waals surface area contributed by atoms with Crippen LogP contribution in [-0.4, -0.2) is 58.8 Å². The summed E-state index contributed by atoms with van der Waals surface area (Å²) in [5.41, 5.74) is 10.8. The van der Waals surface area contributed by atoms with Gasteiger partial charge in [-0.05, 0) is 65.0 Å². The van der Waals surface area contributed by atoms with Gasteiger partial charge in [0.1, 0.15) is 0 Å². The van der Waals surface area contributed by atoms with Crippen LogP contribution in [0.1, 0.15) is 25.7 Å². The molecule has 0 aromatic rings. The van der Waals surface area contributed by atoms with Crippen molar-refractivity contribution in [2.24, 2.45) is 11.5 Å². The third kappa shape index (κ3) is 30.5. The molecule has 0 amide bonds. The van der Waals surface area contributed by atoms with E-state index in [1.54, 1.807) is 0 Å². The van der Waals surface area contributed by atoms with Crippen LogP contribution in [0.3, 0.4) is 0 Å². The summed E-state index contributed by atoms with van der Waals surface area (Å²) < 4.78 is 22.2. The molecule has 0 spiro atoms. The summed E-state index contributed by atoms with van der Waals surface area (Å²) in [5, 5.41) is 6.72. The van der Waals surface area contributed by atoms with Crippen LogP contribution in [0.5, 0.6) is 0 Å². The summed E-state index contributed by atoms with van der Waals surface area (Å²) in [6.07, 6.45) is 4.63. The van der Waals surface area contributed by atoms with Gasteiger partial charge in [-0.15, -0.1) is 0 Å². The van der Waals surface area contributed by atoms with E-state index in [0.717, 1.165) is 52.1 Å². The lowest BCUT2D eigenvalue weighted by Crippen LogP contribution is -2.22. The molecule has 142 valence electrons. The highest BCUT2D eigenvalue weighted by Gasteiger charge is 2.27. The molecule has 0 heterocycles. The molecule has 0 radical (unpaired) electrons. The van der Waals surface area contributed by atoms with Crippen LogP contribution in [0, 0.1) is 0 Å². The van der Waals surface area contributed by atoms with E-state index in [4.69, 9.17) is 31.0 Å². The van der Waals surface area contributed by atoms with E-state index in [9.17, 15) is 9.13 Å². The molecule has 0 atom stereocenters. The molecule has 0 saturated carbocycles. The Morgan fingerprint density at radius 2 is 1.00 bits per heavy atom. The third-order valence-electron chi connectivity index (χ3n) is 2.29. The second kappa shape index (κ2) is 15.6. The zero-order valence-corrected chi connectivity index (χ0v) is 14.9. The number of hydrogen-bond donors (Lipinski definition) is 8. The van der Waals surface area contributed by atoms with Gasteiger partial charge in [0.05, 0.1) is 0 Å². The van der Waals surface area contributed by atoms with Gasteiger partial charge in [0.15, 0.2) is 0 Å². The quantitative estimate of drug-likeness (QED) is 0.141. The number of phosphoric acid groups is 2. The number of unbranched alkanes of at least 4 members (excludes halogenated alkanes) is 1. The van der Waals surface area contributed by atoms with E-state index in [1.165, 1.54) is 12.8 Å². The Morgan fingerprint density at radius 3 is 1.22 bits per heavy atom. The molecule has 23 heavy (non-hydrogen) atoms. The van der Waals surface area contributed by atoms with E-state index in [2.05, 4.69) is 14.9 Å². The van der Waals surface area contributed by atoms with Crippen LogP contribution in [0.2, 0.25) is 0 Å². The summed E-state index contributed by atoms with van der Waals surface area (Å²) in [6.45, 7) is 5.90. The molecule has 0 aromatic heterocycles. The second-order valence-electron chi connectivity index (χ2n) is 4.55. The molecule has 0 rings (SSSR count). The van der Waals surface area contributed by atoms with E-state index in [0.29, 0.717) is 0 Å². The first-order chi connectivity index (χ1) is 10.6. The molecule has 0 aliphatic heterocycles. The van der Waals surface area contributed by atoms with Crippen molar-refractivity contribution in [1.82, 2.24) is 10.6 Å². The van der Waals surface area contributed by atoms with Crippen molar-refractivity contribution in [2.45, 2.75) is 25.7 Å². The van der Waals surface area contributed by atoms with E-state index >= 15 is 0 Å². The molecule has 10 N–H and O–H groups in total. The van der Waals surface area contributed by atoms with Crippen molar-refractivity contribution < 1.29 is 33.0 Å². The molecule has 0 aromatic carbocycles. The molecule has 0 aliphatic carbocycles. The zero-order chi connectivity index (χ0) is 18.2. The average Bonchev–Trinajstić information content (AvgIpc) is 2.37. The second-order valence-corrected chi connectivity index (χ2v) is 7.17. The Kier molecular flexibility index (Phi) is 17.2. The number of nitrogens with one attached hydrogen (secondary N) is 2. The highest BCUT2D eigenvalue weighted by atomic mass is 31.3. The van der Waals surface area contributed by atoms with Crippen LogP contribution in [0.25, 0.3) is 0 Å². The SMILES string of the molecule is NCCCNCCCCNCCCN.O=P(O)(O)OP(=O)(O)O. The first-order valence-electron chi connectivity index (χ1n) is 7.26. The van der Waals surface area contributed by atoms with Crippen molar-refractivity contribution in [3.63, 3.8) is 0 Å². The molecule has 0 saturated heterocycles. The van der Waals surface area contributed by atoms with Gasteiger partial charge in [0.2, 0.25) is 0 Å². The van der Waals surface area contributed by atoms with Gasteiger partial charge in [0.25, 0.3) is 0 Å². The Morgan fingerprint density at radius 1 is 0.696 bits per heavy atom.